The molecule has 0 aliphatic heterocycles. The zero-order valence-electron chi connectivity index (χ0n) is 11.3. The molecule has 1 rings (SSSR count). The summed E-state index contributed by atoms with van der Waals surface area (Å²) in [7, 11) is 2.31. The van der Waals surface area contributed by atoms with E-state index in [-0.39, 0.29) is 0 Å². The van der Waals surface area contributed by atoms with Gasteiger partial charge in [-0.05, 0) is 46.2 Å². The van der Waals surface area contributed by atoms with E-state index in [4.69, 9.17) is 5.73 Å². The fraction of sp³-hybridized carbons (Fsp3) is 1.00. The van der Waals surface area contributed by atoms with Gasteiger partial charge in [-0.2, -0.15) is 0 Å². The van der Waals surface area contributed by atoms with E-state index >= 15 is 0 Å². The van der Waals surface area contributed by atoms with Gasteiger partial charge in [-0.1, -0.05) is 32.1 Å². The Balaban J connectivity index is 2.10. The molecular weight excluding hydrogens is 196 g/mol. The van der Waals surface area contributed by atoms with Crippen molar-refractivity contribution in [3.05, 3.63) is 0 Å². The third-order valence-corrected chi connectivity index (χ3v) is 3.87. The first-order valence-corrected chi connectivity index (χ1v) is 7.16. The Labute approximate surface area is 102 Å². The van der Waals surface area contributed by atoms with E-state index in [0.717, 1.165) is 6.04 Å². The molecule has 16 heavy (non-hydrogen) atoms. The van der Waals surface area contributed by atoms with Crippen LogP contribution < -0.4 is 5.73 Å². The maximum absolute atomic E-state index is 5.76. The van der Waals surface area contributed by atoms with Gasteiger partial charge in [-0.25, -0.2) is 0 Å². The minimum Gasteiger partial charge on any atom is -0.328 e. The van der Waals surface area contributed by atoms with E-state index in [1.165, 1.54) is 64.3 Å². The van der Waals surface area contributed by atoms with Crippen LogP contribution >= 0.6 is 0 Å². The van der Waals surface area contributed by atoms with Crippen molar-refractivity contribution in [3.63, 3.8) is 0 Å². The van der Waals surface area contributed by atoms with Gasteiger partial charge in [0.05, 0.1) is 0 Å². The van der Waals surface area contributed by atoms with Crippen LogP contribution in [0.1, 0.15) is 64.7 Å². The second-order valence-electron chi connectivity index (χ2n) is 5.60. The van der Waals surface area contributed by atoms with E-state index in [2.05, 4.69) is 18.9 Å². The van der Waals surface area contributed by atoms with Crippen LogP contribution in [0.5, 0.6) is 0 Å². The molecule has 0 heterocycles. The monoisotopic (exact) mass is 226 g/mol. The number of hydrogen-bond donors (Lipinski definition) is 1. The lowest BCUT2D eigenvalue weighted by Gasteiger charge is -2.27. The summed E-state index contributed by atoms with van der Waals surface area (Å²) in [5.74, 6) is 0. The fourth-order valence-corrected chi connectivity index (χ4v) is 2.71. The molecule has 1 fully saturated rings. The van der Waals surface area contributed by atoms with Crippen LogP contribution in [-0.4, -0.2) is 30.6 Å². The lowest BCUT2D eigenvalue weighted by Crippen LogP contribution is -2.32. The van der Waals surface area contributed by atoms with Crippen LogP contribution in [-0.2, 0) is 0 Å². The Morgan fingerprint density at radius 3 is 2.31 bits per heavy atom. The van der Waals surface area contributed by atoms with Gasteiger partial charge in [0, 0.05) is 12.1 Å². The Hall–Kier alpha value is -0.0800. The van der Waals surface area contributed by atoms with E-state index in [1.807, 2.05) is 0 Å². The first kappa shape index (κ1) is 14.0. The second kappa shape index (κ2) is 8.08. The van der Waals surface area contributed by atoms with Crippen molar-refractivity contribution in [2.45, 2.75) is 76.8 Å². The Morgan fingerprint density at radius 1 is 1.12 bits per heavy atom. The highest BCUT2D eigenvalue weighted by atomic mass is 15.1. The molecule has 2 N–H and O–H groups in total. The summed E-state index contributed by atoms with van der Waals surface area (Å²) in [4.78, 5) is 2.59. The van der Waals surface area contributed by atoms with Crippen molar-refractivity contribution in [1.29, 1.82) is 0 Å². The molecule has 0 aromatic carbocycles. The van der Waals surface area contributed by atoms with Crippen molar-refractivity contribution in [2.75, 3.05) is 13.6 Å². The van der Waals surface area contributed by atoms with Gasteiger partial charge in [0.1, 0.15) is 0 Å². The van der Waals surface area contributed by atoms with Crippen LogP contribution in [0.25, 0.3) is 0 Å². The van der Waals surface area contributed by atoms with E-state index in [0.29, 0.717) is 6.04 Å². The Bertz CT molecular complexity index is 160. The minimum absolute atomic E-state index is 0.378. The van der Waals surface area contributed by atoms with Crippen LogP contribution in [0.3, 0.4) is 0 Å². The topological polar surface area (TPSA) is 29.3 Å². The minimum atomic E-state index is 0.378. The summed E-state index contributed by atoms with van der Waals surface area (Å²) in [5.41, 5.74) is 5.76. The molecule has 0 saturated heterocycles. The lowest BCUT2D eigenvalue weighted by atomic mass is 10.1. The highest BCUT2D eigenvalue weighted by molar-refractivity contribution is 4.72. The summed E-state index contributed by atoms with van der Waals surface area (Å²) in [6.07, 6.45) is 12.4. The molecule has 0 bridgehead atoms. The molecule has 1 unspecified atom stereocenters. The molecule has 1 atom stereocenters. The number of nitrogens with zero attached hydrogens (tertiary/aromatic N) is 1. The Kier molecular flexibility index (Phi) is 7.06. The first-order chi connectivity index (χ1) is 7.70. The van der Waals surface area contributed by atoms with Crippen molar-refractivity contribution in [3.8, 4) is 0 Å². The Morgan fingerprint density at radius 2 is 1.75 bits per heavy atom. The van der Waals surface area contributed by atoms with Crippen LogP contribution in [0.15, 0.2) is 0 Å². The van der Waals surface area contributed by atoms with E-state index in [9.17, 15) is 0 Å². The molecule has 96 valence electrons. The third kappa shape index (κ3) is 5.86. The normalized spacial score (nSPS) is 21.0. The van der Waals surface area contributed by atoms with Crippen molar-refractivity contribution >= 4 is 0 Å². The van der Waals surface area contributed by atoms with Gasteiger partial charge in [-0.3, -0.25) is 0 Å². The van der Waals surface area contributed by atoms with Gasteiger partial charge < -0.3 is 10.6 Å². The van der Waals surface area contributed by atoms with Gasteiger partial charge in [-0.15, -0.1) is 0 Å². The zero-order valence-corrected chi connectivity index (χ0v) is 11.3. The first-order valence-electron chi connectivity index (χ1n) is 7.16. The van der Waals surface area contributed by atoms with Crippen molar-refractivity contribution in [2.24, 2.45) is 5.73 Å². The molecule has 1 aliphatic rings. The summed E-state index contributed by atoms with van der Waals surface area (Å²) < 4.78 is 0. The van der Waals surface area contributed by atoms with Crippen LogP contribution in [0, 0.1) is 0 Å². The third-order valence-electron chi connectivity index (χ3n) is 3.87. The predicted molar refractivity (Wildman–Crippen MR) is 71.6 cm³/mol. The lowest BCUT2D eigenvalue weighted by molar-refractivity contribution is 0.216. The van der Waals surface area contributed by atoms with Crippen LogP contribution in [0.2, 0.25) is 0 Å². The summed E-state index contributed by atoms with van der Waals surface area (Å²) in [5, 5.41) is 0. The molecular formula is C14H30N2. The average molecular weight is 226 g/mol. The van der Waals surface area contributed by atoms with E-state index < -0.39 is 0 Å². The average Bonchev–Trinajstić information content (AvgIpc) is 2.52. The number of rotatable bonds is 6. The number of nitrogens with two attached hydrogens (primary N) is 1. The maximum Gasteiger partial charge on any atom is 0.00922 e. The van der Waals surface area contributed by atoms with Gasteiger partial charge in [0.15, 0.2) is 0 Å². The predicted octanol–water partition coefficient (Wildman–Crippen LogP) is 3.16. The second-order valence-corrected chi connectivity index (χ2v) is 5.60. The smallest absolute Gasteiger partial charge is 0.00922 e. The number of unbranched alkanes of at least 4 members (excludes halogenated alkanes) is 1. The molecule has 0 radical (unpaired) electrons. The molecule has 0 spiro atoms. The maximum atomic E-state index is 5.76. The van der Waals surface area contributed by atoms with Gasteiger partial charge in [0.25, 0.3) is 0 Å². The molecule has 1 aliphatic carbocycles. The molecule has 0 amide bonds. The standard InChI is InChI=1S/C14H30N2/c1-13(15)9-7-8-12-16(2)14-10-5-3-4-6-11-14/h13-14H,3-12,15H2,1-2H3. The molecule has 1 saturated carbocycles. The van der Waals surface area contributed by atoms with Gasteiger partial charge >= 0.3 is 0 Å². The quantitative estimate of drug-likeness (QED) is 0.557. The van der Waals surface area contributed by atoms with Crippen molar-refractivity contribution < 1.29 is 0 Å². The summed E-state index contributed by atoms with van der Waals surface area (Å²) in [6.45, 7) is 3.37. The highest BCUT2D eigenvalue weighted by Gasteiger charge is 2.16. The summed E-state index contributed by atoms with van der Waals surface area (Å²) in [6, 6.07) is 1.24. The SMILES string of the molecule is CC(N)CCCCN(C)C1CCCCCC1. The zero-order chi connectivity index (χ0) is 11.8. The van der Waals surface area contributed by atoms with Crippen molar-refractivity contribution in [1.82, 2.24) is 4.90 Å². The van der Waals surface area contributed by atoms with E-state index in [1.54, 1.807) is 0 Å². The van der Waals surface area contributed by atoms with Crippen LogP contribution in [0.4, 0.5) is 0 Å². The largest absolute Gasteiger partial charge is 0.328 e. The molecule has 2 heteroatoms. The number of hydrogen-bond acceptors (Lipinski definition) is 2. The fourth-order valence-electron chi connectivity index (χ4n) is 2.71. The molecule has 2 nitrogen and oxygen atoms in total. The molecule has 0 aromatic rings. The summed E-state index contributed by atoms with van der Waals surface area (Å²) >= 11 is 0. The highest BCUT2D eigenvalue weighted by Crippen LogP contribution is 2.21. The van der Waals surface area contributed by atoms with Gasteiger partial charge in [0.2, 0.25) is 0 Å². The molecule has 0 aromatic heterocycles.